The quantitative estimate of drug-likeness (QED) is 0.629. The number of ether oxygens (including phenoxy) is 1. The summed E-state index contributed by atoms with van der Waals surface area (Å²) < 4.78 is 5.81. The number of nitrogens with zero attached hydrogens (tertiary/aromatic N) is 3. The molecule has 2 aromatic rings. The third kappa shape index (κ3) is 5.82. The number of para-hydroxylation sites is 1. The molecule has 0 radical (unpaired) electrons. The minimum atomic E-state index is -0.325. The zero-order valence-corrected chi connectivity index (χ0v) is 17.3. The Hall–Kier alpha value is -3.86. The summed E-state index contributed by atoms with van der Waals surface area (Å²) in [4.78, 5) is 38.5. The highest BCUT2D eigenvalue weighted by Crippen LogP contribution is 2.20. The van der Waals surface area contributed by atoms with Crippen molar-refractivity contribution in [1.29, 1.82) is 5.26 Å². The van der Waals surface area contributed by atoms with Gasteiger partial charge in [0.15, 0.2) is 0 Å². The van der Waals surface area contributed by atoms with Crippen LogP contribution in [0.15, 0.2) is 48.5 Å². The molecule has 3 rings (SSSR count). The van der Waals surface area contributed by atoms with Crippen LogP contribution < -0.4 is 10.1 Å². The topological polar surface area (TPSA) is 103 Å². The predicted molar refractivity (Wildman–Crippen MR) is 114 cm³/mol. The number of hydrogen-bond donors (Lipinski definition) is 1. The van der Waals surface area contributed by atoms with Crippen molar-refractivity contribution in [1.82, 2.24) is 9.80 Å². The maximum absolute atomic E-state index is 12.4. The monoisotopic (exact) mass is 420 g/mol. The molecule has 1 heterocycles. The third-order valence-corrected chi connectivity index (χ3v) is 4.91. The molecule has 2 aromatic carbocycles. The van der Waals surface area contributed by atoms with Crippen LogP contribution in [0, 0.1) is 11.3 Å². The molecule has 1 fully saturated rings. The van der Waals surface area contributed by atoms with Crippen molar-refractivity contribution in [2.24, 2.45) is 0 Å². The first-order valence-corrected chi connectivity index (χ1v) is 10.00. The van der Waals surface area contributed by atoms with Crippen molar-refractivity contribution < 1.29 is 19.1 Å². The second kappa shape index (κ2) is 10.3. The fourth-order valence-corrected chi connectivity index (χ4v) is 3.22. The van der Waals surface area contributed by atoms with Crippen LogP contribution in [-0.4, -0.2) is 47.8 Å². The van der Waals surface area contributed by atoms with Gasteiger partial charge in [0.25, 0.3) is 0 Å². The lowest BCUT2D eigenvalue weighted by Crippen LogP contribution is -2.32. The summed E-state index contributed by atoms with van der Waals surface area (Å²) in [7, 11) is 1.58. The predicted octanol–water partition coefficient (Wildman–Crippen LogP) is 2.94. The zero-order chi connectivity index (χ0) is 22.2. The second-order valence-electron chi connectivity index (χ2n) is 7.26. The Morgan fingerprint density at radius 2 is 1.90 bits per heavy atom. The van der Waals surface area contributed by atoms with Crippen LogP contribution in [0.4, 0.5) is 10.5 Å². The number of imide groups is 1. The van der Waals surface area contributed by atoms with Crippen LogP contribution in [0.5, 0.6) is 5.75 Å². The fourth-order valence-electron chi connectivity index (χ4n) is 3.22. The summed E-state index contributed by atoms with van der Waals surface area (Å²) in [5, 5.41) is 11.6. The van der Waals surface area contributed by atoms with Crippen LogP contribution >= 0.6 is 0 Å². The molecule has 0 aliphatic carbocycles. The van der Waals surface area contributed by atoms with Crippen LogP contribution in [0.1, 0.15) is 24.0 Å². The van der Waals surface area contributed by atoms with Crippen LogP contribution in [0.2, 0.25) is 0 Å². The van der Waals surface area contributed by atoms with Crippen LogP contribution in [-0.2, 0) is 22.6 Å². The summed E-state index contributed by atoms with van der Waals surface area (Å²) in [6.07, 6.45) is 0.938. The SMILES string of the molecule is CN1CC(=O)N(CCCC(=O)Nc2ccccc2COc2ccc(CC#N)cc2)C1=O. The lowest BCUT2D eigenvalue weighted by atomic mass is 10.1. The van der Waals surface area contributed by atoms with Gasteiger partial charge in [-0.1, -0.05) is 30.3 Å². The highest BCUT2D eigenvalue weighted by molar-refractivity contribution is 6.01. The van der Waals surface area contributed by atoms with Gasteiger partial charge >= 0.3 is 6.03 Å². The summed E-state index contributed by atoms with van der Waals surface area (Å²) >= 11 is 0. The Morgan fingerprint density at radius 1 is 1.16 bits per heavy atom. The molecule has 0 atom stereocenters. The molecule has 0 unspecified atom stereocenters. The molecule has 1 aliphatic rings. The number of rotatable bonds is 9. The van der Waals surface area contributed by atoms with Gasteiger partial charge in [-0.25, -0.2) is 4.79 Å². The molecule has 0 saturated carbocycles. The number of likely N-dealkylation sites (N-methyl/N-ethyl adjacent to an activating group) is 1. The van der Waals surface area contributed by atoms with E-state index in [1.807, 2.05) is 42.5 Å². The zero-order valence-electron chi connectivity index (χ0n) is 17.3. The number of nitrogens with one attached hydrogen (secondary N) is 1. The van der Waals surface area contributed by atoms with E-state index in [1.165, 1.54) is 9.80 Å². The van der Waals surface area contributed by atoms with Crippen LogP contribution in [0.25, 0.3) is 0 Å². The van der Waals surface area contributed by atoms with E-state index >= 15 is 0 Å². The summed E-state index contributed by atoms with van der Waals surface area (Å²) in [5.74, 6) is 0.240. The van der Waals surface area contributed by atoms with Gasteiger partial charge in [0, 0.05) is 31.3 Å². The highest BCUT2D eigenvalue weighted by atomic mass is 16.5. The summed E-state index contributed by atoms with van der Waals surface area (Å²) in [6, 6.07) is 16.5. The Bertz CT molecular complexity index is 997. The van der Waals surface area contributed by atoms with Gasteiger partial charge in [-0.2, -0.15) is 5.26 Å². The number of benzene rings is 2. The Labute approximate surface area is 181 Å². The molecule has 0 aromatic heterocycles. The molecule has 4 amide bonds. The van der Waals surface area contributed by atoms with Crippen molar-refractivity contribution in [3.63, 3.8) is 0 Å². The Kier molecular flexibility index (Phi) is 7.22. The number of urea groups is 1. The average Bonchev–Trinajstić information content (AvgIpc) is 3.00. The van der Waals surface area contributed by atoms with Crippen molar-refractivity contribution in [3.8, 4) is 11.8 Å². The van der Waals surface area contributed by atoms with Gasteiger partial charge < -0.3 is 15.0 Å². The molecule has 1 saturated heterocycles. The standard InChI is InChI=1S/C23H24N4O4/c1-26-15-22(29)27(23(26)30)14-4-7-21(28)25-20-6-3-2-5-18(20)16-31-19-10-8-17(9-11-19)12-13-24/h2-3,5-6,8-11H,4,7,12,14-16H2,1H3,(H,25,28). The van der Waals surface area contributed by atoms with E-state index in [2.05, 4.69) is 11.4 Å². The summed E-state index contributed by atoms with van der Waals surface area (Å²) in [6.45, 7) is 0.582. The largest absolute Gasteiger partial charge is 0.489 e. The first kappa shape index (κ1) is 21.8. The van der Waals surface area contributed by atoms with E-state index in [0.717, 1.165) is 11.1 Å². The molecule has 31 heavy (non-hydrogen) atoms. The first-order valence-electron chi connectivity index (χ1n) is 10.00. The molecule has 8 nitrogen and oxygen atoms in total. The Morgan fingerprint density at radius 3 is 2.58 bits per heavy atom. The van der Waals surface area contributed by atoms with E-state index in [4.69, 9.17) is 10.00 Å². The summed E-state index contributed by atoms with van der Waals surface area (Å²) in [5.41, 5.74) is 2.40. The molecule has 8 heteroatoms. The fraction of sp³-hybridized carbons (Fsp3) is 0.304. The molecule has 1 aliphatic heterocycles. The first-order chi connectivity index (χ1) is 15.0. The maximum Gasteiger partial charge on any atom is 0.326 e. The van der Waals surface area contributed by atoms with Crippen LogP contribution in [0.3, 0.4) is 0 Å². The van der Waals surface area contributed by atoms with Gasteiger partial charge in [-0.15, -0.1) is 0 Å². The van der Waals surface area contributed by atoms with Gasteiger partial charge in [-0.05, 0) is 30.2 Å². The number of nitriles is 1. The number of hydrogen-bond acceptors (Lipinski definition) is 5. The maximum atomic E-state index is 12.4. The number of amides is 4. The van der Waals surface area contributed by atoms with Crippen molar-refractivity contribution in [3.05, 3.63) is 59.7 Å². The van der Waals surface area contributed by atoms with E-state index < -0.39 is 0 Å². The van der Waals surface area contributed by atoms with E-state index in [0.29, 0.717) is 24.3 Å². The normalized spacial score (nSPS) is 13.3. The average molecular weight is 420 g/mol. The molecular weight excluding hydrogens is 396 g/mol. The molecule has 0 spiro atoms. The molecular formula is C23H24N4O4. The minimum absolute atomic E-state index is 0.0828. The number of carbonyl (C=O) groups excluding carboxylic acids is 3. The number of carbonyl (C=O) groups is 3. The second-order valence-corrected chi connectivity index (χ2v) is 7.26. The van der Waals surface area contributed by atoms with Gasteiger partial charge in [0.2, 0.25) is 11.8 Å². The van der Waals surface area contributed by atoms with Crippen molar-refractivity contribution in [2.75, 3.05) is 25.5 Å². The van der Waals surface area contributed by atoms with Gasteiger partial charge in [0.1, 0.15) is 18.9 Å². The van der Waals surface area contributed by atoms with Crippen molar-refractivity contribution >= 4 is 23.5 Å². The highest BCUT2D eigenvalue weighted by Gasteiger charge is 2.32. The lowest BCUT2D eigenvalue weighted by molar-refractivity contribution is -0.125. The van der Waals surface area contributed by atoms with Crippen molar-refractivity contribution in [2.45, 2.75) is 25.9 Å². The minimum Gasteiger partial charge on any atom is -0.489 e. The van der Waals surface area contributed by atoms with E-state index in [-0.39, 0.29) is 44.0 Å². The lowest BCUT2D eigenvalue weighted by Gasteiger charge is -2.15. The Balaban J connectivity index is 1.50. The van der Waals surface area contributed by atoms with Gasteiger partial charge in [-0.3, -0.25) is 14.5 Å². The van der Waals surface area contributed by atoms with E-state index in [9.17, 15) is 14.4 Å². The van der Waals surface area contributed by atoms with Gasteiger partial charge in [0.05, 0.1) is 12.5 Å². The third-order valence-electron chi connectivity index (χ3n) is 4.91. The smallest absolute Gasteiger partial charge is 0.326 e. The van der Waals surface area contributed by atoms with E-state index in [1.54, 1.807) is 13.1 Å². The molecule has 1 N–H and O–H groups in total. The molecule has 0 bridgehead atoms. The molecule has 160 valence electrons. The number of anilines is 1.